The van der Waals surface area contributed by atoms with Crippen LogP contribution in [0.25, 0.3) is 0 Å². The van der Waals surface area contributed by atoms with Gasteiger partial charge in [0, 0.05) is 31.7 Å². The molecular formula is C17H24N2O5S. The van der Waals surface area contributed by atoms with E-state index in [0.717, 1.165) is 0 Å². The second-order valence-corrected chi connectivity index (χ2v) is 7.98. The lowest BCUT2D eigenvalue weighted by Crippen LogP contribution is -2.42. The molecule has 1 aromatic carbocycles. The van der Waals surface area contributed by atoms with Crippen LogP contribution >= 0.6 is 0 Å². The Hall–Kier alpha value is -1.93. The Balaban J connectivity index is 2.20. The van der Waals surface area contributed by atoms with Gasteiger partial charge in [-0.2, -0.15) is 4.31 Å². The minimum absolute atomic E-state index is 0.0161. The van der Waals surface area contributed by atoms with Crippen molar-refractivity contribution >= 4 is 21.9 Å². The van der Waals surface area contributed by atoms with Gasteiger partial charge in [0.2, 0.25) is 10.0 Å². The Labute approximate surface area is 148 Å². The topological polar surface area (TPSA) is 95.0 Å². The first kappa shape index (κ1) is 19.4. The first-order chi connectivity index (χ1) is 11.8. The number of benzene rings is 1. The van der Waals surface area contributed by atoms with Crippen LogP contribution in [0, 0.1) is 5.92 Å². The maximum absolute atomic E-state index is 12.7. The van der Waals surface area contributed by atoms with Crippen LogP contribution in [0.15, 0.2) is 29.2 Å². The van der Waals surface area contributed by atoms with Crippen molar-refractivity contribution in [1.82, 2.24) is 9.21 Å². The van der Waals surface area contributed by atoms with Gasteiger partial charge in [0.25, 0.3) is 5.91 Å². The second-order valence-electron chi connectivity index (χ2n) is 6.04. The summed E-state index contributed by atoms with van der Waals surface area (Å²) in [7, 11) is -3.76. The highest BCUT2D eigenvalue weighted by molar-refractivity contribution is 7.89. The van der Waals surface area contributed by atoms with Crippen LogP contribution in [0.4, 0.5) is 0 Å². The lowest BCUT2D eigenvalue weighted by Gasteiger charge is -2.29. The third-order valence-electron chi connectivity index (χ3n) is 4.52. The number of hydrogen-bond donors (Lipinski definition) is 1. The molecular weight excluding hydrogens is 344 g/mol. The largest absolute Gasteiger partial charge is 0.481 e. The van der Waals surface area contributed by atoms with E-state index in [2.05, 4.69) is 0 Å². The predicted octanol–water partition coefficient (Wildman–Crippen LogP) is 1.65. The van der Waals surface area contributed by atoms with E-state index in [1.165, 1.54) is 28.6 Å². The summed E-state index contributed by atoms with van der Waals surface area (Å²) in [5, 5.41) is 9.12. The minimum Gasteiger partial charge on any atom is -0.481 e. The zero-order valence-electron chi connectivity index (χ0n) is 14.5. The SMILES string of the molecule is CCN(CC)C(=O)c1ccc(S(=O)(=O)N2CCCC(C(=O)O)C2)cc1. The third-order valence-corrected chi connectivity index (χ3v) is 6.40. The van der Waals surface area contributed by atoms with Crippen LogP contribution in [0.2, 0.25) is 0 Å². The quantitative estimate of drug-likeness (QED) is 0.824. The normalized spacial score (nSPS) is 18.7. The molecule has 7 nitrogen and oxygen atoms in total. The first-order valence-electron chi connectivity index (χ1n) is 8.43. The Morgan fingerprint density at radius 1 is 1.20 bits per heavy atom. The molecule has 1 saturated heterocycles. The Bertz CT molecular complexity index is 726. The fourth-order valence-electron chi connectivity index (χ4n) is 2.97. The van der Waals surface area contributed by atoms with E-state index in [1.807, 2.05) is 13.8 Å². The number of carboxylic acid groups (broad SMARTS) is 1. The van der Waals surface area contributed by atoms with Crippen LogP contribution in [0.3, 0.4) is 0 Å². The molecule has 1 aromatic rings. The van der Waals surface area contributed by atoms with Gasteiger partial charge in [-0.25, -0.2) is 8.42 Å². The van der Waals surface area contributed by atoms with Gasteiger partial charge in [0.15, 0.2) is 0 Å². The molecule has 0 saturated carbocycles. The zero-order valence-corrected chi connectivity index (χ0v) is 15.3. The number of sulfonamides is 1. The van der Waals surface area contributed by atoms with Crippen molar-refractivity contribution in [2.24, 2.45) is 5.92 Å². The number of amides is 1. The molecule has 1 heterocycles. The highest BCUT2D eigenvalue weighted by Gasteiger charge is 2.33. The number of rotatable bonds is 6. The molecule has 1 aliphatic rings. The number of hydrogen-bond acceptors (Lipinski definition) is 4. The van der Waals surface area contributed by atoms with Gasteiger partial charge in [-0.15, -0.1) is 0 Å². The summed E-state index contributed by atoms with van der Waals surface area (Å²) in [6.07, 6.45) is 1.01. The summed E-state index contributed by atoms with van der Waals surface area (Å²) in [5.41, 5.74) is 0.435. The summed E-state index contributed by atoms with van der Waals surface area (Å²) >= 11 is 0. The molecule has 0 aromatic heterocycles. The van der Waals surface area contributed by atoms with Crippen molar-refractivity contribution < 1.29 is 23.1 Å². The molecule has 1 atom stereocenters. The van der Waals surface area contributed by atoms with Gasteiger partial charge in [0.1, 0.15) is 0 Å². The zero-order chi connectivity index (χ0) is 18.6. The van der Waals surface area contributed by atoms with E-state index in [-0.39, 0.29) is 17.3 Å². The molecule has 138 valence electrons. The van der Waals surface area contributed by atoms with Gasteiger partial charge >= 0.3 is 5.97 Å². The third kappa shape index (κ3) is 4.19. The molecule has 1 unspecified atom stereocenters. The van der Waals surface area contributed by atoms with E-state index in [9.17, 15) is 18.0 Å². The van der Waals surface area contributed by atoms with Crippen LogP contribution in [-0.4, -0.2) is 60.8 Å². The molecule has 0 bridgehead atoms. The lowest BCUT2D eigenvalue weighted by molar-refractivity contribution is -0.142. The van der Waals surface area contributed by atoms with Crippen molar-refractivity contribution in [3.8, 4) is 0 Å². The highest BCUT2D eigenvalue weighted by Crippen LogP contribution is 2.24. The average molecular weight is 368 g/mol. The number of aliphatic carboxylic acids is 1. The van der Waals surface area contributed by atoms with Crippen LogP contribution in [0.5, 0.6) is 0 Å². The fraction of sp³-hybridized carbons (Fsp3) is 0.529. The molecule has 0 radical (unpaired) electrons. The van der Waals surface area contributed by atoms with E-state index < -0.39 is 21.9 Å². The van der Waals surface area contributed by atoms with Crippen LogP contribution in [-0.2, 0) is 14.8 Å². The molecule has 0 spiro atoms. The average Bonchev–Trinajstić information content (AvgIpc) is 2.62. The maximum Gasteiger partial charge on any atom is 0.307 e. The Morgan fingerprint density at radius 2 is 1.80 bits per heavy atom. The molecule has 0 aliphatic carbocycles. The molecule has 1 aliphatic heterocycles. The van der Waals surface area contributed by atoms with Gasteiger partial charge in [0.05, 0.1) is 10.8 Å². The van der Waals surface area contributed by atoms with Crippen molar-refractivity contribution in [2.45, 2.75) is 31.6 Å². The molecule has 1 N–H and O–H groups in total. The minimum atomic E-state index is -3.76. The van der Waals surface area contributed by atoms with Crippen molar-refractivity contribution in [3.05, 3.63) is 29.8 Å². The Kier molecular flexibility index (Phi) is 6.18. The second kappa shape index (κ2) is 7.97. The number of carbonyl (C=O) groups excluding carboxylic acids is 1. The molecule has 1 fully saturated rings. The van der Waals surface area contributed by atoms with E-state index >= 15 is 0 Å². The van der Waals surface area contributed by atoms with Crippen LogP contribution < -0.4 is 0 Å². The Morgan fingerprint density at radius 3 is 2.32 bits per heavy atom. The monoisotopic (exact) mass is 368 g/mol. The number of carbonyl (C=O) groups is 2. The lowest BCUT2D eigenvalue weighted by atomic mass is 10.0. The summed E-state index contributed by atoms with van der Waals surface area (Å²) < 4.78 is 26.7. The molecule has 1 amide bonds. The number of piperidine rings is 1. The van der Waals surface area contributed by atoms with E-state index in [1.54, 1.807) is 4.90 Å². The van der Waals surface area contributed by atoms with E-state index in [0.29, 0.717) is 38.0 Å². The highest BCUT2D eigenvalue weighted by atomic mass is 32.2. The fourth-order valence-corrected chi connectivity index (χ4v) is 4.50. The number of carboxylic acids is 1. The van der Waals surface area contributed by atoms with Crippen molar-refractivity contribution in [3.63, 3.8) is 0 Å². The van der Waals surface area contributed by atoms with Crippen molar-refractivity contribution in [2.75, 3.05) is 26.2 Å². The van der Waals surface area contributed by atoms with Gasteiger partial charge in [-0.05, 0) is 51.0 Å². The van der Waals surface area contributed by atoms with Crippen molar-refractivity contribution in [1.29, 1.82) is 0 Å². The maximum atomic E-state index is 12.7. The summed E-state index contributed by atoms with van der Waals surface area (Å²) in [5.74, 6) is -1.79. The summed E-state index contributed by atoms with van der Waals surface area (Å²) in [6.45, 7) is 5.23. The molecule has 25 heavy (non-hydrogen) atoms. The van der Waals surface area contributed by atoms with Gasteiger partial charge in [-0.3, -0.25) is 9.59 Å². The van der Waals surface area contributed by atoms with Gasteiger partial charge in [-0.1, -0.05) is 0 Å². The summed E-state index contributed by atoms with van der Waals surface area (Å²) in [4.78, 5) is 25.2. The standard InChI is InChI=1S/C17H24N2O5S/c1-3-18(4-2)16(20)13-7-9-15(10-8-13)25(23,24)19-11-5-6-14(12-19)17(21)22/h7-10,14H,3-6,11-12H2,1-2H3,(H,21,22). The predicted molar refractivity (Wildman–Crippen MR) is 92.8 cm³/mol. The smallest absolute Gasteiger partial charge is 0.307 e. The molecule has 8 heteroatoms. The number of nitrogens with zero attached hydrogens (tertiary/aromatic N) is 2. The van der Waals surface area contributed by atoms with Gasteiger partial charge < -0.3 is 10.0 Å². The van der Waals surface area contributed by atoms with E-state index in [4.69, 9.17) is 5.11 Å². The first-order valence-corrected chi connectivity index (χ1v) is 9.87. The summed E-state index contributed by atoms with van der Waals surface area (Å²) in [6, 6.07) is 5.84. The van der Waals surface area contributed by atoms with Crippen LogP contribution in [0.1, 0.15) is 37.0 Å². The molecule has 2 rings (SSSR count).